The number of halogens is 2. The average Bonchev–Trinajstić information content (AvgIpc) is 2.35. The van der Waals surface area contributed by atoms with Gasteiger partial charge >= 0.3 is 88.7 Å². The molecule has 0 aliphatic carbocycles. The Balaban J connectivity index is -0.00000161. The first-order valence-electron chi connectivity index (χ1n) is 5.39. The topological polar surface area (TPSA) is 162 Å². The summed E-state index contributed by atoms with van der Waals surface area (Å²) in [4.78, 5) is 20.3. The second kappa shape index (κ2) is 13.6. The van der Waals surface area contributed by atoms with Crippen molar-refractivity contribution in [1.29, 1.82) is 0 Å². The molecule has 0 saturated heterocycles. The van der Waals surface area contributed by atoms with Gasteiger partial charge < -0.3 is 29.8 Å². The van der Waals surface area contributed by atoms with E-state index in [0.29, 0.717) is 0 Å². The summed E-state index contributed by atoms with van der Waals surface area (Å²) < 4.78 is 32.7. The van der Waals surface area contributed by atoms with Gasteiger partial charge in [0.1, 0.15) is 10.1 Å². The molecule has 122 valence electrons. The van der Waals surface area contributed by atoms with Crippen LogP contribution in [0.15, 0.2) is 17.0 Å². The van der Waals surface area contributed by atoms with Gasteiger partial charge in [-0.25, -0.2) is 13.8 Å². The van der Waals surface area contributed by atoms with Crippen molar-refractivity contribution in [3.8, 4) is 0 Å². The van der Waals surface area contributed by atoms with E-state index in [2.05, 4.69) is 10.9 Å². The number of hydrogen-bond acceptors (Lipinski definition) is 9. The number of hydrogen-bond donors (Lipinski definition) is 2. The van der Waals surface area contributed by atoms with Crippen LogP contribution in [0.1, 0.15) is 6.42 Å². The van der Waals surface area contributed by atoms with Gasteiger partial charge in [-0.1, -0.05) is 23.2 Å². The van der Waals surface area contributed by atoms with Crippen molar-refractivity contribution in [2.45, 2.75) is 17.4 Å². The maximum absolute atomic E-state index is 10.9. The SMILES string of the molecule is O=C([O-])CC(NNc1cc(Cl)c(S(=O)(=O)[O-])cc1Cl)C(=O)[O-].[Na+].[Na+].[Na+]. The number of carboxylic acid groups (broad SMARTS) is 2. The van der Waals surface area contributed by atoms with Gasteiger partial charge in [0.2, 0.25) is 0 Å². The number of hydrazine groups is 1. The van der Waals surface area contributed by atoms with Crippen molar-refractivity contribution < 1.29 is 121 Å². The van der Waals surface area contributed by atoms with E-state index in [1.807, 2.05) is 0 Å². The molecule has 0 aromatic heterocycles. The zero-order chi connectivity index (χ0) is 17.1. The van der Waals surface area contributed by atoms with Crippen LogP contribution < -0.4 is 110 Å². The number of carboxylic acids is 2. The Kier molecular flexibility index (Phi) is 16.9. The van der Waals surface area contributed by atoms with Crippen LogP contribution in [-0.4, -0.2) is 31.0 Å². The number of benzene rings is 1. The zero-order valence-electron chi connectivity index (χ0n) is 13.5. The van der Waals surface area contributed by atoms with Gasteiger partial charge in [-0.05, 0) is 12.1 Å². The summed E-state index contributed by atoms with van der Waals surface area (Å²) in [6.07, 6.45) is -0.895. The van der Waals surface area contributed by atoms with E-state index in [0.717, 1.165) is 12.1 Å². The Hall–Kier alpha value is 1.41. The molecule has 0 bridgehead atoms. The van der Waals surface area contributed by atoms with Crippen LogP contribution >= 0.6 is 23.2 Å². The number of aliphatic carboxylic acids is 2. The molecule has 1 rings (SSSR count). The summed E-state index contributed by atoms with van der Waals surface area (Å²) in [6, 6.07) is 0.0681. The number of carbonyl (C=O) groups is 2. The molecule has 0 amide bonds. The van der Waals surface area contributed by atoms with Gasteiger partial charge in [0.15, 0.2) is 0 Å². The Labute approximate surface area is 219 Å². The molecule has 1 unspecified atom stereocenters. The molecule has 9 nitrogen and oxygen atoms in total. The van der Waals surface area contributed by atoms with Crippen LogP contribution in [0.2, 0.25) is 10.0 Å². The van der Waals surface area contributed by atoms with Crippen molar-refractivity contribution in [3.05, 3.63) is 22.2 Å². The van der Waals surface area contributed by atoms with Gasteiger partial charge in [0.25, 0.3) is 0 Å². The van der Waals surface area contributed by atoms with E-state index < -0.39 is 44.4 Å². The average molecular weight is 439 g/mol. The van der Waals surface area contributed by atoms with Crippen molar-refractivity contribution >= 4 is 50.9 Å². The third-order valence-corrected chi connectivity index (χ3v) is 3.94. The Morgan fingerprint density at radius 3 is 2.00 bits per heavy atom. The Bertz CT molecular complexity index is 721. The van der Waals surface area contributed by atoms with Crippen LogP contribution in [0, 0.1) is 0 Å². The van der Waals surface area contributed by atoms with Gasteiger partial charge in [0.05, 0.1) is 32.6 Å². The van der Waals surface area contributed by atoms with Crippen LogP contribution in [0.4, 0.5) is 5.69 Å². The van der Waals surface area contributed by atoms with Gasteiger partial charge in [-0.15, -0.1) is 0 Å². The van der Waals surface area contributed by atoms with Crippen LogP contribution in [0.5, 0.6) is 0 Å². The maximum Gasteiger partial charge on any atom is 1.00 e. The molecule has 25 heavy (non-hydrogen) atoms. The molecule has 1 atom stereocenters. The molecule has 15 heteroatoms. The quantitative estimate of drug-likeness (QED) is 0.239. The predicted molar refractivity (Wildman–Crippen MR) is 69.6 cm³/mol. The normalized spacial score (nSPS) is 11.2. The van der Waals surface area contributed by atoms with Crippen molar-refractivity contribution in [2.24, 2.45) is 0 Å². The molecule has 0 aliphatic rings. The summed E-state index contributed by atoms with van der Waals surface area (Å²) in [5.41, 5.74) is 4.25. The standard InChI is InChI=1S/C10H10Cl2N2O7S.3Na/c11-4-2-8(22(19,20)21)5(12)1-6(4)13-14-7(10(17)18)3-9(15)16;;;/h1-2,7,13-14H,3H2,(H,15,16)(H,17,18)(H,19,20,21);;;/q;3*+1/p-3. The van der Waals surface area contributed by atoms with Gasteiger partial charge in [-0.2, -0.15) is 0 Å². The molecule has 0 spiro atoms. The van der Waals surface area contributed by atoms with Crippen LogP contribution in [0.25, 0.3) is 0 Å². The molecule has 1 aromatic carbocycles. The van der Waals surface area contributed by atoms with E-state index >= 15 is 0 Å². The summed E-state index contributed by atoms with van der Waals surface area (Å²) in [5, 5.41) is 20.4. The van der Waals surface area contributed by atoms with Crippen molar-refractivity contribution in [1.82, 2.24) is 5.43 Å². The van der Waals surface area contributed by atoms with E-state index in [-0.39, 0.29) is 99.4 Å². The summed E-state index contributed by atoms with van der Waals surface area (Å²) in [5.74, 6) is -3.36. The van der Waals surface area contributed by atoms with Gasteiger partial charge in [-0.3, -0.25) is 0 Å². The molecule has 0 saturated carbocycles. The summed E-state index contributed by atoms with van der Waals surface area (Å²) in [6.45, 7) is 0. The van der Waals surface area contributed by atoms with Crippen molar-refractivity contribution in [3.63, 3.8) is 0 Å². The molecule has 0 heterocycles. The fourth-order valence-corrected chi connectivity index (χ4v) is 2.62. The van der Waals surface area contributed by atoms with Gasteiger partial charge in [0, 0.05) is 12.4 Å². The second-order valence-electron chi connectivity index (χ2n) is 3.93. The first-order valence-corrected chi connectivity index (χ1v) is 7.56. The molecule has 1 aromatic rings. The third kappa shape index (κ3) is 10.5. The number of rotatable bonds is 7. The minimum atomic E-state index is -4.84. The fourth-order valence-electron chi connectivity index (χ4n) is 1.34. The monoisotopic (exact) mass is 438 g/mol. The molecule has 0 radical (unpaired) electrons. The van der Waals surface area contributed by atoms with Crippen molar-refractivity contribution in [2.75, 3.05) is 5.43 Å². The molecular weight excluding hydrogens is 432 g/mol. The number of carbonyl (C=O) groups excluding carboxylic acids is 2. The first-order chi connectivity index (χ1) is 10.0. The largest absolute Gasteiger partial charge is 1.00 e. The third-order valence-electron chi connectivity index (χ3n) is 2.33. The molecular formula is C10H7Cl2N2Na3O7S. The fraction of sp³-hybridized carbons (Fsp3) is 0.200. The smallest absolute Gasteiger partial charge is 0.744 e. The second-order valence-corrected chi connectivity index (χ2v) is 6.10. The van der Waals surface area contributed by atoms with E-state index in [1.54, 1.807) is 0 Å². The van der Waals surface area contributed by atoms with Crippen LogP contribution in [0.3, 0.4) is 0 Å². The minimum Gasteiger partial charge on any atom is -0.744 e. The maximum atomic E-state index is 10.9. The van der Waals surface area contributed by atoms with Crippen LogP contribution in [-0.2, 0) is 19.7 Å². The van der Waals surface area contributed by atoms with E-state index in [4.69, 9.17) is 23.2 Å². The summed E-state index contributed by atoms with van der Waals surface area (Å²) >= 11 is 11.3. The molecule has 0 aliphatic heterocycles. The predicted octanol–water partition coefficient (Wildman–Crippen LogP) is -10.9. The number of nitrogens with one attached hydrogen (secondary N) is 2. The summed E-state index contributed by atoms with van der Waals surface area (Å²) in [7, 11) is -4.84. The number of anilines is 1. The molecule has 2 N–H and O–H groups in total. The Morgan fingerprint density at radius 2 is 1.60 bits per heavy atom. The van der Waals surface area contributed by atoms with E-state index in [1.165, 1.54) is 0 Å². The van der Waals surface area contributed by atoms with E-state index in [9.17, 15) is 32.8 Å². The molecule has 0 fully saturated rings. The minimum absolute atomic E-state index is 0. The zero-order valence-corrected chi connectivity index (χ0v) is 21.8. The Morgan fingerprint density at radius 1 is 1.08 bits per heavy atom. The first kappa shape index (κ1) is 31.1.